The van der Waals surface area contributed by atoms with Crippen molar-refractivity contribution in [3.8, 4) is 9.88 Å². The summed E-state index contributed by atoms with van der Waals surface area (Å²) in [6.07, 6.45) is 3.51. The molecule has 0 aromatic carbocycles. The first-order chi connectivity index (χ1) is 10.2. The molecule has 1 aliphatic rings. The van der Waals surface area contributed by atoms with Gasteiger partial charge in [-0.05, 0) is 43.0 Å². The molecule has 0 saturated heterocycles. The van der Waals surface area contributed by atoms with E-state index in [9.17, 15) is 9.90 Å². The average Bonchev–Trinajstić information content (AvgIpc) is 3.17. The second-order valence-electron chi connectivity index (χ2n) is 5.40. The zero-order valence-electron chi connectivity index (χ0n) is 11.6. The van der Waals surface area contributed by atoms with Crippen LogP contribution in [0.3, 0.4) is 0 Å². The number of rotatable bonds is 4. The summed E-state index contributed by atoms with van der Waals surface area (Å²) in [5.41, 5.74) is 0.499. The van der Waals surface area contributed by atoms with E-state index in [1.54, 1.807) is 11.3 Å². The Labute approximate surface area is 131 Å². The number of aliphatic hydroxyl groups excluding tert-OH is 1. The Kier molecular flexibility index (Phi) is 4.67. The quantitative estimate of drug-likeness (QED) is 0.909. The van der Waals surface area contributed by atoms with Crippen LogP contribution in [0.4, 0.5) is 0 Å². The van der Waals surface area contributed by atoms with Crippen molar-refractivity contribution in [3.63, 3.8) is 0 Å². The summed E-state index contributed by atoms with van der Waals surface area (Å²) in [5.74, 6) is 0.382. The van der Waals surface area contributed by atoms with Crippen molar-refractivity contribution in [2.45, 2.75) is 31.8 Å². The number of aliphatic hydroxyl groups is 1. The Balaban J connectivity index is 1.54. The third kappa shape index (κ3) is 3.70. The molecule has 2 aromatic heterocycles. The van der Waals surface area contributed by atoms with Crippen molar-refractivity contribution in [3.05, 3.63) is 28.6 Å². The molecule has 0 radical (unpaired) electrons. The van der Waals surface area contributed by atoms with E-state index >= 15 is 0 Å². The number of thiophene rings is 1. The van der Waals surface area contributed by atoms with E-state index in [0.717, 1.165) is 35.6 Å². The van der Waals surface area contributed by atoms with Gasteiger partial charge in [0, 0.05) is 11.9 Å². The minimum absolute atomic E-state index is 0.0971. The van der Waals surface area contributed by atoms with Crippen LogP contribution in [0.2, 0.25) is 0 Å². The number of hydrogen-bond acceptors (Lipinski definition) is 5. The standard InChI is InChI=1S/C15H18N2O2S2/c18-11-5-3-10(4-6-11)8-16-14(19)12-9-21-15(17-12)13-2-1-7-20-13/h1-2,7,9-11,18H,3-6,8H2,(H,16,19). The zero-order valence-corrected chi connectivity index (χ0v) is 13.3. The number of nitrogens with one attached hydrogen (secondary N) is 1. The van der Waals surface area contributed by atoms with Gasteiger partial charge in [-0.2, -0.15) is 0 Å². The van der Waals surface area contributed by atoms with E-state index in [1.807, 2.05) is 22.9 Å². The highest BCUT2D eigenvalue weighted by Gasteiger charge is 2.20. The van der Waals surface area contributed by atoms with Gasteiger partial charge < -0.3 is 10.4 Å². The predicted octanol–water partition coefficient (Wildman–Crippen LogP) is 3.15. The number of thiazole rings is 1. The molecular formula is C15H18N2O2S2. The monoisotopic (exact) mass is 322 g/mol. The van der Waals surface area contributed by atoms with Crippen molar-refractivity contribution in [2.75, 3.05) is 6.54 Å². The molecule has 0 spiro atoms. The largest absolute Gasteiger partial charge is 0.393 e. The maximum absolute atomic E-state index is 12.1. The van der Waals surface area contributed by atoms with E-state index in [4.69, 9.17) is 0 Å². The second-order valence-corrected chi connectivity index (χ2v) is 7.21. The third-order valence-electron chi connectivity index (χ3n) is 3.84. The Morgan fingerprint density at radius 2 is 2.14 bits per heavy atom. The molecule has 0 aliphatic heterocycles. The SMILES string of the molecule is O=C(NCC1CCC(O)CC1)c1csc(-c2cccs2)n1. The molecule has 21 heavy (non-hydrogen) atoms. The highest BCUT2D eigenvalue weighted by Crippen LogP contribution is 2.28. The van der Waals surface area contributed by atoms with Crippen LogP contribution in [0, 0.1) is 5.92 Å². The summed E-state index contributed by atoms with van der Waals surface area (Å²) in [7, 11) is 0. The first-order valence-electron chi connectivity index (χ1n) is 7.18. The Morgan fingerprint density at radius 1 is 1.33 bits per heavy atom. The molecule has 1 saturated carbocycles. The molecule has 112 valence electrons. The summed E-state index contributed by atoms with van der Waals surface area (Å²) >= 11 is 3.13. The van der Waals surface area contributed by atoms with Crippen molar-refractivity contribution in [1.82, 2.24) is 10.3 Å². The molecule has 4 nitrogen and oxygen atoms in total. The first-order valence-corrected chi connectivity index (χ1v) is 8.94. The van der Waals surface area contributed by atoms with Crippen LogP contribution >= 0.6 is 22.7 Å². The van der Waals surface area contributed by atoms with Crippen LogP contribution in [0.25, 0.3) is 9.88 Å². The molecule has 3 rings (SSSR count). The number of carbonyl (C=O) groups excluding carboxylic acids is 1. The maximum Gasteiger partial charge on any atom is 0.270 e. The lowest BCUT2D eigenvalue weighted by molar-refractivity contribution is 0.0906. The van der Waals surface area contributed by atoms with E-state index < -0.39 is 0 Å². The van der Waals surface area contributed by atoms with Gasteiger partial charge in [0.15, 0.2) is 0 Å². The summed E-state index contributed by atoms with van der Waals surface area (Å²) < 4.78 is 0. The van der Waals surface area contributed by atoms with Crippen molar-refractivity contribution < 1.29 is 9.90 Å². The Hall–Kier alpha value is -1.24. The fraction of sp³-hybridized carbons (Fsp3) is 0.467. The number of hydrogen-bond donors (Lipinski definition) is 2. The summed E-state index contributed by atoms with van der Waals surface area (Å²) in [4.78, 5) is 17.6. The van der Waals surface area contributed by atoms with E-state index in [0.29, 0.717) is 18.2 Å². The molecular weight excluding hydrogens is 304 g/mol. The lowest BCUT2D eigenvalue weighted by atomic mass is 9.87. The maximum atomic E-state index is 12.1. The molecule has 2 N–H and O–H groups in total. The van der Waals surface area contributed by atoms with Crippen LogP contribution in [-0.2, 0) is 0 Å². The van der Waals surface area contributed by atoms with Gasteiger partial charge in [-0.1, -0.05) is 6.07 Å². The highest BCUT2D eigenvalue weighted by molar-refractivity contribution is 7.20. The third-order valence-corrected chi connectivity index (χ3v) is 5.72. The zero-order chi connectivity index (χ0) is 14.7. The number of nitrogens with zero attached hydrogens (tertiary/aromatic N) is 1. The van der Waals surface area contributed by atoms with E-state index in [1.165, 1.54) is 11.3 Å². The van der Waals surface area contributed by atoms with Gasteiger partial charge in [-0.15, -0.1) is 22.7 Å². The van der Waals surface area contributed by atoms with Crippen LogP contribution in [0.5, 0.6) is 0 Å². The van der Waals surface area contributed by atoms with E-state index in [-0.39, 0.29) is 12.0 Å². The molecule has 6 heteroatoms. The average molecular weight is 322 g/mol. The topological polar surface area (TPSA) is 62.2 Å². The Morgan fingerprint density at radius 3 is 2.86 bits per heavy atom. The molecule has 0 unspecified atom stereocenters. The van der Waals surface area contributed by atoms with Crippen molar-refractivity contribution in [2.24, 2.45) is 5.92 Å². The molecule has 2 heterocycles. The minimum atomic E-state index is -0.149. The number of amides is 1. The minimum Gasteiger partial charge on any atom is -0.393 e. The normalized spacial score (nSPS) is 22.1. The molecule has 2 aromatic rings. The van der Waals surface area contributed by atoms with Gasteiger partial charge in [0.05, 0.1) is 11.0 Å². The lowest BCUT2D eigenvalue weighted by Gasteiger charge is -2.25. The predicted molar refractivity (Wildman–Crippen MR) is 85.7 cm³/mol. The van der Waals surface area contributed by atoms with Gasteiger partial charge in [0.1, 0.15) is 10.7 Å². The number of carbonyl (C=O) groups is 1. The van der Waals surface area contributed by atoms with Crippen LogP contribution in [0.1, 0.15) is 36.2 Å². The molecule has 0 atom stereocenters. The van der Waals surface area contributed by atoms with Gasteiger partial charge in [-0.25, -0.2) is 4.98 Å². The van der Waals surface area contributed by atoms with Gasteiger partial charge >= 0.3 is 0 Å². The van der Waals surface area contributed by atoms with Crippen LogP contribution < -0.4 is 5.32 Å². The first kappa shape index (κ1) is 14.7. The molecule has 1 fully saturated rings. The number of aromatic nitrogens is 1. The Bertz CT molecular complexity index is 587. The molecule has 0 bridgehead atoms. The summed E-state index contributed by atoms with van der Waals surface area (Å²) in [6.45, 7) is 0.678. The fourth-order valence-electron chi connectivity index (χ4n) is 2.57. The lowest BCUT2D eigenvalue weighted by Crippen LogP contribution is -2.32. The van der Waals surface area contributed by atoms with Crippen LogP contribution in [0.15, 0.2) is 22.9 Å². The molecule has 1 amide bonds. The van der Waals surface area contributed by atoms with Gasteiger partial charge in [-0.3, -0.25) is 4.79 Å². The summed E-state index contributed by atoms with van der Waals surface area (Å²) in [5, 5.41) is 17.2. The van der Waals surface area contributed by atoms with Crippen molar-refractivity contribution >= 4 is 28.6 Å². The molecule has 1 aliphatic carbocycles. The fourth-order valence-corrected chi connectivity index (χ4v) is 4.18. The van der Waals surface area contributed by atoms with Crippen molar-refractivity contribution in [1.29, 1.82) is 0 Å². The second kappa shape index (κ2) is 6.68. The smallest absolute Gasteiger partial charge is 0.270 e. The van der Waals surface area contributed by atoms with Gasteiger partial charge in [0.2, 0.25) is 0 Å². The summed E-state index contributed by atoms with van der Waals surface area (Å²) in [6, 6.07) is 4.00. The van der Waals surface area contributed by atoms with E-state index in [2.05, 4.69) is 10.3 Å². The van der Waals surface area contributed by atoms with Crippen LogP contribution in [-0.4, -0.2) is 28.6 Å². The van der Waals surface area contributed by atoms with Gasteiger partial charge in [0.25, 0.3) is 5.91 Å². The highest BCUT2D eigenvalue weighted by atomic mass is 32.1.